The lowest BCUT2D eigenvalue weighted by Crippen LogP contribution is -2.32. The maximum atomic E-state index is 12.3. The first-order valence-electron chi connectivity index (χ1n) is 7.51. The smallest absolute Gasteiger partial charge is 0.227 e. The summed E-state index contributed by atoms with van der Waals surface area (Å²) < 4.78 is 0. The summed E-state index contributed by atoms with van der Waals surface area (Å²) in [7, 11) is 0. The van der Waals surface area contributed by atoms with E-state index in [0.717, 1.165) is 11.3 Å². The lowest BCUT2D eigenvalue weighted by Gasteiger charge is -2.16. The van der Waals surface area contributed by atoms with E-state index in [1.165, 1.54) is 0 Å². The number of nitrogens with zero attached hydrogens (tertiary/aromatic N) is 1. The maximum absolute atomic E-state index is 12.3. The molecule has 5 heteroatoms. The van der Waals surface area contributed by atoms with Crippen LogP contribution in [-0.2, 0) is 16.1 Å². The standard InChI is InChI=1S/C18H17ClN2O2/c19-16-9-5-4-6-13(16)11-20-18(23)14-10-17(22)21(12-14)15-7-2-1-3-8-15/h1-9,14H,10-12H2,(H,20,23)/t14-/m0/s1. The lowest BCUT2D eigenvalue weighted by molar-refractivity contribution is -0.126. The highest BCUT2D eigenvalue weighted by Crippen LogP contribution is 2.25. The van der Waals surface area contributed by atoms with Gasteiger partial charge in [-0.2, -0.15) is 0 Å². The Hall–Kier alpha value is -2.33. The molecule has 0 bridgehead atoms. The third kappa shape index (κ3) is 3.54. The first-order chi connectivity index (χ1) is 11.1. The number of hydrogen-bond donors (Lipinski definition) is 1. The van der Waals surface area contributed by atoms with Gasteiger partial charge in [-0.05, 0) is 23.8 Å². The monoisotopic (exact) mass is 328 g/mol. The fraction of sp³-hybridized carbons (Fsp3) is 0.222. The van der Waals surface area contributed by atoms with Crippen molar-refractivity contribution in [2.45, 2.75) is 13.0 Å². The molecule has 1 fully saturated rings. The molecule has 1 N–H and O–H groups in total. The number of anilines is 1. The van der Waals surface area contributed by atoms with Crippen LogP contribution in [0.5, 0.6) is 0 Å². The van der Waals surface area contributed by atoms with E-state index >= 15 is 0 Å². The van der Waals surface area contributed by atoms with Gasteiger partial charge in [-0.15, -0.1) is 0 Å². The SMILES string of the molecule is O=C(NCc1ccccc1Cl)[C@H]1CC(=O)N(c2ccccc2)C1. The molecule has 0 aliphatic carbocycles. The topological polar surface area (TPSA) is 49.4 Å². The molecule has 1 aliphatic heterocycles. The van der Waals surface area contributed by atoms with Gasteiger partial charge in [-0.3, -0.25) is 9.59 Å². The highest BCUT2D eigenvalue weighted by molar-refractivity contribution is 6.31. The summed E-state index contributed by atoms with van der Waals surface area (Å²) in [5.74, 6) is -0.462. The zero-order valence-electron chi connectivity index (χ0n) is 12.5. The highest BCUT2D eigenvalue weighted by Gasteiger charge is 2.34. The van der Waals surface area contributed by atoms with Gasteiger partial charge in [0.2, 0.25) is 11.8 Å². The molecule has 4 nitrogen and oxygen atoms in total. The van der Waals surface area contributed by atoms with Crippen molar-refractivity contribution in [3.8, 4) is 0 Å². The summed E-state index contributed by atoms with van der Waals surface area (Å²) in [6.45, 7) is 0.783. The first-order valence-corrected chi connectivity index (χ1v) is 7.89. The maximum Gasteiger partial charge on any atom is 0.227 e. The van der Waals surface area contributed by atoms with E-state index in [1.54, 1.807) is 11.0 Å². The minimum atomic E-state index is -0.329. The molecule has 0 spiro atoms. The van der Waals surface area contributed by atoms with Crippen LogP contribution < -0.4 is 10.2 Å². The molecule has 2 amide bonds. The fourth-order valence-electron chi connectivity index (χ4n) is 2.71. The molecule has 1 heterocycles. The van der Waals surface area contributed by atoms with Crippen LogP contribution >= 0.6 is 11.6 Å². The van der Waals surface area contributed by atoms with Crippen molar-refractivity contribution < 1.29 is 9.59 Å². The Bertz CT molecular complexity index is 718. The lowest BCUT2D eigenvalue weighted by atomic mass is 10.1. The van der Waals surface area contributed by atoms with Gasteiger partial charge in [0.05, 0.1) is 5.92 Å². The molecule has 2 aromatic rings. The molecular weight excluding hydrogens is 312 g/mol. The first kappa shape index (κ1) is 15.6. The van der Waals surface area contributed by atoms with E-state index < -0.39 is 0 Å². The molecule has 0 unspecified atom stereocenters. The number of rotatable bonds is 4. The quantitative estimate of drug-likeness (QED) is 0.938. The van der Waals surface area contributed by atoms with Crippen molar-refractivity contribution in [2.75, 3.05) is 11.4 Å². The van der Waals surface area contributed by atoms with Gasteiger partial charge in [0, 0.05) is 30.2 Å². The third-order valence-electron chi connectivity index (χ3n) is 3.97. The molecule has 0 aromatic heterocycles. The Kier molecular flexibility index (Phi) is 4.63. The van der Waals surface area contributed by atoms with Crippen molar-refractivity contribution >= 4 is 29.1 Å². The summed E-state index contributed by atoms with van der Waals surface area (Å²) in [5, 5.41) is 3.50. The van der Waals surface area contributed by atoms with Crippen LogP contribution in [0.15, 0.2) is 54.6 Å². The Labute approximate surface area is 140 Å². The van der Waals surface area contributed by atoms with Crippen LogP contribution in [0.1, 0.15) is 12.0 Å². The number of hydrogen-bond acceptors (Lipinski definition) is 2. The van der Waals surface area contributed by atoms with E-state index in [0.29, 0.717) is 18.1 Å². The van der Waals surface area contributed by atoms with Gasteiger partial charge in [0.15, 0.2) is 0 Å². The average Bonchev–Trinajstić information content (AvgIpc) is 2.96. The molecule has 3 rings (SSSR count). The summed E-state index contributed by atoms with van der Waals surface area (Å²) in [4.78, 5) is 26.1. The number of halogens is 1. The number of benzene rings is 2. The van der Waals surface area contributed by atoms with Crippen LogP contribution in [0.25, 0.3) is 0 Å². The van der Waals surface area contributed by atoms with Crippen molar-refractivity contribution in [1.29, 1.82) is 0 Å². The molecular formula is C18H17ClN2O2. The Morgan fingerprint density at radius 1 is 1.13 bits per heavy atom. The van der Waals surface area contributed by atoms with Gasteiger partial charge >= 0.3 is 0 Å². The van der Waals surface area contributed by atoms with Crippen LogP contribution in [-0.4, -0.2) is 18.4 Å². The number of carbonyl (C=O) groups is 2. The van der Waals surface area contributed by atoms with E-state index in [2.05, 4.69) is 5.32 Å². The second-order valence-electron chi connectivity index (χ2n) is 5.55. The van der Waals surface area contributed by atoms with Crippen molar-refractivity contribution in [2.24, 2.45) is 5.92 Å². The molecule has 0 saturated carbocycles. The number of amides is 2. The van der Waals surface area contributed by atoms with Gasteiger partial charge in [0.1, 0.15) is 0 Å². The van der Waals surface area contributed by atoms with Crippen LogP contribution in [0.3, 0.4) is 0 Å². The van der Waals surface area contributed by atoms with Crippen molar-refractivity contribution in [3.63, 3.8) is 0 Å². The predicted octanol–water partition coefficient (Wildman–Crippen LogP) is 3.01. The molecule has 2 aromatic carbocycles. The second-order valence-corrected chi connectivity index (χ2v) is 5.96. The zero-order valence-corrected chi connectivity index (χ0v) is 13.3. The highest BCUT2D eigenvalue weighted by atomic mass is 35.5. The van der Waals surface area contributed by atoms with Gasteiger partial charge < -0.3 is 10.2 Å². The predicted molar refractivity (Wildman–Crippen MR) is 90.2 cm³/mol. The van der Waals surface area contributed by atoms with E-state index in [9.17, 15) is 9.59 Å². The summed E-state index contributed by atoms with van der Waals surface area (Å²) >= 11 is 6.08. The van der Waals surface area contributed by atoms with Gasteiger partial charge in [0.25, 0.3) is 0 Å². The number of para-hydroxylation sites is 1. The third-order valence-corrected chi connectivity index (χ3v) is 4.34. The van der Waals surface area contributed by atoms with Crippen LogP contribution in [0.2, 0.25) is 5.02 Å². The zero-order chi connectivity index (χ0) is 16.2. The van der Waals surface area contributed by atoms with Crippen LogP contribution in [0, 0.1) is 5.92 Å². The van der Waals surface area contributed by atoms with E-state index in [1.807, 2.05) is 48.5 Å². The summed E-state index contributed by atoms with van der Waals surface area (Å²) in [5.41, 5.74) is 1.70. The second kappa shape index (κ2) is 6.84. The number of nitrogens with one attached hydrogen (secondary N) is 1. The average molecular weight is 329 g/mol. The fourth-order valence-corrected chi connectivity index (χ4v) is 2.91. The summed E-state index contributed by atoms with van der Waals surface area (Å²) in [6.07, 6.45) is 0.239. The molecule has 1 saturated heterocycles. The largest absolute Gasteiger partial charge is 0.352 e. The van der Waals surface area contributed by atoms with Crippen molar-refractivity contribution in [1.82, 2.24) is 5.32 Å². The number of carbonyl (C=O) groups excluding carboxylic acids is 2. The Morgan fingerprint density at radius 2 is 1.83 bits per heavy atom. The molecule has 118 valence electrons. The minimum Gasteiger partial charge on any atom is -0.352 e. The van der Waals surface area contributed by atoms with Crippen LogP contribution in [0.4, 0.5) is 5.69 Å². The normalized spacial score (nSPS) is 17.3. The summed E-state index contributed by atoms with van der Waals surface area (Å²) in [6, 6.07) is 16.8. The molecule has 0 radical (unpaired) electrons. The molecule has 1 atom stereocenters. The van der Waals surface area contributed by atoms with E-state index in [-0.39, 0.29) is 24.2 Å². The van der Waals surface area contributed by atoms with Crippen molar-refractivity contribution in [3.05, 3.63) is 65.2 Å². The molecule has 23 heavy (non-hydrogen) atoms. The molecule has 1 aliphatic rings. The Balaban J connectivity index is 1.61. The van der Waals surface area contributed by atoms with E-state index in [4.69, 9.17) is 11.6 Å². The van der Waals surface area contributed by atoms with Gasteiger partial charge in [-0.1, -0.05) is 48.0 Å². The minimum absolute atomic E-state index is 0.0194. The van der Waals surface area contributed by atoms with Gasteiger partial charge in [-0.25, -0.2) is 0 Å². The Morgan fingerprint density at radius 3 is 2.57 bits per heavy atom.